The zero-order valence-corrected chi connectivity index (χ0v) is 9.31. The normalized spacial score (nSPS) is 13.5. The van der Waals surface area contributed by atoms with Gasteiger partial charge in [-0.1, -0.05) is 13.8 Å². The molecule has 2 N–H and O–H groups in total. The van der Waals surface area contributed by atoms with Gasteiger partial charge in [-0.05, 0) is 47.6 Å². The van der Waals surface area contributed by atoms with E-state index in [2.05, 4.69) is 30.7 Å². The van der Waals surface area contributed by atoms with Crippen molar-refractivity contribution in [3.8, 4) is 0 Å². The first-order chi connectivity index (χ1) is 6.18. The molecule has 1 unspecified atom stereocenters. The SMILES string of the molecule is CC(C)CC(N)CCc1ccsc1. The van der Waals surface area contributed by atoms with Crippen molar-refractivity contribution in [1.82, 2.24) is 0 Å². The highest BCUT2D eigenvalue weighted by atomic mass is 32.1. The van der Waals surface area contributed by atoms with Crippen molar-refractivity contribution in [2.24, 2.45) is 11.7 Å². The van der Waals surface area contributed by atoms with Gasteiger partial charge in [-0.3, -0.25) is 0 Å². The molecule has 0 bridgehead atoms. The van der Waals surface area contributed by atoms with E-state index in [1.807, 2.05) is 0 Å². The van der Waals surface area contributed by atoms with Crippen LogP contribution in [0.15, 0.2) is 16.8 Å². The molecular formula is C11H19NS. The van der Waals surface area contributed by atoms with Gasteiger partial charge in [0.05, 0.1) is 0 Å². The zero-order chi connectivity index (χ0) is 9.68. The molecule has 0 spiro atoms. The molecule has 0 saturated heterocycles. The molecule has 0 aromatic carbocycles. The predicted molar refractivity (Wildman–Crippen MR) is 60.1 cm³/mol. The maximum absolute atomic E-state index is 5.99. The van der Waals surface area contributed by atoms with Crippen LogP contribution in [0, 0.1) is 5.92 Å². The van der Waals surface area contributed by atoms with E-state index in [0.29, 0.717) is 6.04 Å². The van der Waals surface area contributed by atoms with E-state index in [1.165, 1.54) is 5.56 Å². The molecule has 1 aromatic heterocycles. The summed E-state index contributed by atoms with van der Waals surface area (Å²) in [5, 5.41) is 4.34. The Hall–Kier alpha value is -0.340. The molecule has 0 amide bonds. The average molecular weight is 197 g/mol. The Bertz CT molecular complexity index is 216. The standard InChI is InChI=1S/C11H19NS/c1-9(2)7-11(12)4-3-10-5-6-13-8-10/h5-6,8-9,11H,3-4,7,12H2,1-2H3. The molecule has 0 aliphatic carbocycles. The number of hydrogen-bond acceptors (Lipinski definition) is 2. The van der Waals surface area contributed by atoms with Crippen molar-refractivity contribution < 1.29 is 0 Å². The highest BCUT2D eigenvalue weighted by Gasteiger charge is 2.05. The summed E-state index contributed by atoms with van der Waals surface area (Å²) in [5.41, 5.74) is 7.43. The maximum Gasteiger partial charge on any atom is 0.00444 e. The van der Waals surface area contributed by atoms with Crippen LogP contribution in [0.25, 0.3) is 0 Å². The van der Waals surface area contributed by atoms with Gasteiger partial charge in [-0.15, -0.1) is 0 Å². The van der Waals surface area contributed by atoms with Gasteiger partial charge >= 0.3 is 0 Å². The Morgan fingerprint density at radius 1 is 1.46 bits per heavy atom. The van der Waals surface area contributed by atoms with Crippen LogP contribution in [0.3, 0.4) is 0 Å². The number of rotatable bonds is 5. The summed E-state index contributed by atoms with van der Waals surface area (Å²) in [5.74, 6) is 0.720. The van der Waals surface area contributed by atoms with Gasteiger partial charge in [-0.2, -0.15) is 11.3 Å². The lowest BCUT2D eigenvalue weighted by Gasteiger charge is -2.12. The molecule has 2 heteroatoms. The lowest BCUT2D eigenvalue weighted by molar-refractivity contribution is 0.473. The van der Waals surface area contributed by atoms with Crippen molar-refractivity contribution >= 4 is 11.3 Å². The van der Waals surface area contributed by atoms with E-state index >= 15 is 0 Å². The molecule has 1 heterocycles. The third kappa shape index (κ3) is 4.44. The summed E-state index contributed by atoms with van der Waals surface area (Å²) in [6, 6.07) is 2.56. The number of nitrogens with two attached hydrogens (primary N) is 1. The third-order valence-corrected chi connectivity index (χ3v) is 2.89. The molecular weight excluding hydrogens is 178 g/mol. The van der Waals surface area contributed by atoms with Crippen LogP contribution in [0.1, 0.15) is 32.3 Å². The van der Waals surface area contributed by atoms with Crippen LogP contribution >= 0.6 is 11.3 Å². The van der Waals surface area contributed by atoms with Gasteiger partial charge in [0.1, 0.15) is 0 Å². The number of hydrogen-bond donors (Lipinski definition) is 1. The van der Waals surface area contributed by atoms with E-state index in [9.17, 15) is 0 Å². The van der Waals surface area contributed by atoms with Crippen LogP contribution in [-0.2, 0) is 6.42 Å². The molecule has 74 valence electrons. The number of thiophene rings is 1. The first-order valence-electron chi connectivity index (χ1n) is 4.95. The third-order valence-electron chi connectivity index (χ3n) is 2.16. The first kappa shape index (κ1) is 10.7. The molecule has 1 rings (SSSR count). The van der Waals surface area contributed by atoms with Crippen molar-refractivity contribution in [2.75, 3.05) is 0 Å². The molecule has 0 radical (unpaired) electrons. The topological polar surface area (TPSA) is 26.0 Å². The minimum absolute atomic E-state index is 0.375. The van der Waals surface area contributed by atoms with Gasteiger partial charge in [-0.25, -0.2) is 0 Å². The van der Waals surface area contributed by atoms with Gasteiger partial charge in [0.25, 0.3) is 0 Å². The summed E-state index contributed by atoms with van der Waals surface area (Å²) in [7, 11) is 0. The van der Waals surface area contributed by atoms with E-state index in [0.717, 1.165) is 25.2 Å². The van der Waals surface area contributed by atoms with Crippen LogP contribution in [0.5, 0.6) is 0 Å². The van der Waals surface area contributed by atoms with E-state index < -0.39 is 0 Å². The Balaban J connectivity index is 2.19. The summed E-state index contributed by atoms with van der Waals surface area (Å²) < 4.78 is 0. The minimum atomic E-state index is 0.375. The lowest BCUT2D eigenvalue weighted by Crippen LogP contribution is -2.22. The fraction of sp³-hybridized carbons (Fsp3) is 0.636. The van der Waals surface area contributed by atoms with Crippen molar-refractivity contribution in [3.05, 3.63) is 22.4 Å². The van der Waals surface area contributed by atoms with Gasteiger partial charge < -0.3 is 5.73 Å². The molecule has 0 aliphatic heterocycles. The van der Waals surface area contributed by atoms with E-state index in [4.69, 9.17) is 5.73 Å². The lowest BCUT2D eigenvalue weighted by atomic mass is 9.99. The Morgan fingerprint density at radius 2 is 2.23 bits per heavy atom. The van der Waals surface area contributed by atoms with Crippen molar-refractivity contribution in [1.29, 1.82) is 0 Å². The minimum Gasteiger partial charge on any atom is -0.328 e. The van der Waals surface area contributed by atoms with Crippen molar-refractivity contribution in [3.63, 3.8) is 0 Å². The second-order valence-electron chi connectivity index (χ2n) is 4.06. The Kier molecular flexibility index (Phi) is 4.46. The summed E-state index contributed by atoms with van der Waals surface area (Å²) >= 11 is 1.76. The fourth-order valence-corrected chi connectivity index (χ4v) is 2.21. The molecule has 13 heavy (non-hydrogen) atoms. The molecule has 1 nitrogen and oxygen atoms in total. The molecule has 0 aliphatic rings. The van der Waals surface area contributed by atoms with Crippen LogP contribution in [0.4, 0.5) is 0 Å². The summed E-state index contributed by atoms with van der Waals surface area (Å²) in [4.78, 5) is 0. The van der Waals surface area contributed by atoms with E-state index in [-0.39, 0.29) is 0 Å². The van der Waals surface area contributed by atoms with Gasteiger partial charge in [0, 0.05) is 6.04 Å². The smallest absolute Gasteiger partial charge is 0.00444 e. The molecule has 1 aromatic rings. The number of aryl methyl sites for hydroxylation is 1. The average Bonchev–Trinajstić information content (AvgIpc) is 2.51. The second kappa shape index (κ2) is 5.40. The highest BCUT2D eigenvalue weighted by Crippen LogP contribution is 2.12. The largest absolute Gasteiger partial charge is 0.328 e. The Labute approximate surface area is 85.0 Å². The molecule has 0 saturated carbocycles. The first-order valence-corrected chi connectivity index (χ1v) is 5.89. The zero-order valence-electron chi connectivity index (χ0n) is 8.49. The monoisotopic (exact) mass is 197 g/mol. The predicted octanol–water partition coefficient (Wildman–Crippen LogP) is 3.05. The molecule has 0 fully saturated rings. The molecule has 1 atom stereocenters. The van der Waals surface area contributed by atoms with Gasteiger partial charge in [0.2, 0.25) is 0 Å². The van der Waals surface area contributed by atoms with Crippen LogP contribution in [-0.4, -0.2) is 6.04 Å². The second-order valence-corrected chi connectivity index (χ2v) is 4.84. The fourth-order valence-electron chi connectivity index (χ4n) is 1.51. The van der Waals surface area contributed by atoms with Gasteiger partial charge in [0.15, 0.2) is 0 Å². The summed E-state index contributed by atoms with van der Waals surface area (Å²) in [6.45, 7) is 4.45. The highest BCUT2D eigenvalue weighted by molar-refractivity contribution is 7.07. The maximum atomic E-state index is 5.99. The van der Waals surface area contributed by atoms with Crippen LogP contribution < -0.4 is 5.73 Å². The Morgan fingerprint density at radius 3 is 2.77 bits per heavy atom. The van der Waals surface area contributed by atoms with Crippen molar-refractivity contribution in [2.45, 2.75) is 39.2 Å². The van der Waals surface area contributed by atoms with E-state index in [1.54, 1.807) is 11.3 Å². The summed E-state index contributed by atoms with van der Waals surface area (Å²) in [6.07, 6.45) is 3.40. The quantitative estimate of drug-likeness (QED) is 0.771. The van der Waals surface area contributed by atoms with Crippen LogP contribution in [0.2, 0.25) is 0 Å².